The van der Waals surface area contributed by atoms with Crippen LogP contribution in [0.5, 0.6) is 5.75 Å². The SMILES string of the molecule is C=CCOc1ccc2oc(-c3ccc(C)cc3)cc(=O)c2c1. The van der Waals surface area contributed by atoms with Gasteiger partial charge in [-0.05, 0) is 25.1 Å². The lowest BCUT2D eigenvalue weighted by atomic mass is 10.1. The molecular weight excluding hydrogens is 276 g/mol. The number of fused-ring (bicyclic) bond motifs is 1. The van der Waals surface area contributed by atoms with Gasteiger partial charge < -0.3 is 9.15 Å². The van der Waals surface area contributed by atoms with Gasteiger partial charge in [-0.3, -0.25) is 4.79 Å². The standard InChI is InChI=1S/C19H16O3/c1-3-10-21-15-8-9-18-16(11-15)17(20)12-19(22-18)14-6-4-13(2)5-7-14/h3-9,11-12H,1,10H2,2H3. The zero-order valence-corrected chi connectivity index (χ0v) is 12.3. The monoisotopic (exact) mass is 292 g/mol. The van der Waals surface area contributed by atoms with Crippen molar-refractivity contribution in [3.63, 3.8) is 0 Å². The van der Waals surface area contributed by atoms with Gasteiger partial charge in [-0.25, -0.2) is 0 Å². The highest BCUT2D eigenvalue weighted by Gasteiger charge is 2.08. The Labute approximate surface area is 128 Å². The van der Waals surface area contributed by atoms with Gasteiger partial charge in [-0.2, -0.15) is 0 Å². The first-order chi connectivity index (χ1) is 10.7. The zero-order valence-electron chi connectivity index (χ0n) is 12.3. The summed E-state index contributed by atoms with van der Waals surface area (Å²) in [6.07, 6.45) is 1.66. The van der Waals surface area contributed by atoms with Crippen molar-refractivity contribution in [3.05, 3.63) is 77.0 Å². The average Bonchev–Trinajstić information content (AvgIpc) is 2.53. The lowest BCUT2D eigenvalue weighted by Gasteiger charge is -2.06. The molecule has 0 amide bonds. The van der Waals surface area contributed by atoms with E-state index in [9.17, 15) is 4.79 Å². The van der Waals surface area contributed by atoms with Gasteiger partial charge in [0.05, 0.1) is 5.39 Å². The van der Waals surface area contributed by atoms with Crippen molar-refractivity contribution in [3.8, 4) is 17.1 Å². The summed E-state index contributed by atoms with van der Waals surface area (Å²) in [4.78, 5) is 12.3. The Morgan fingerprint density at radius 1 is 1.14 bits per heavy atom. The van der Waals surface area contributed by atoms with E-state index in [1.165, 1.54) is 6.07 Å². The summed E-state index contributed by atoms with van der Waals surface area (Å²) >= 11 is 0. The fourth-order valence-electron chi connectivity index (χ4n) is 2.24. The summed E-state index contributed by atoms with van der Waals surface area (Å²) in [5.41, 5.74) is 2.52. The fraction of sp³-hybridized carbons (Fsp3) is 0.105. The minimum absolute atomic E-state index is 0.0825. The van der Waals surface area contributed by atoms with Crippen molar-refractivity contribution in [1.82, 2.24) is 0 Å². The van der Waals surface area contributed by atoms with Gasteiger partial charge in [0.25, 0.3) is 0 Å². The van der Waals surface area contributed by atoms with Crippen LogP contribution in [0.3, 0.4) is 0 Å². The molecule has 110 valence electrons. The largest absolute Gasteiger partial charge is 0.490 e. The van der Waals surface area contributed by atoms with Crippen LogP contribution in [-0.4, -0.2) is 6.61 Å². The highest BCUT2D eigenvalue weighted by molar-refractivity contribution is 5.80. The maximum absolute atomic E-state index is 12.3. The zero-order chi connectivity index (χ0) is 15.5. The number of ether oxygens (including phenoxy) is 1. The molecule has 1 aromatic heterocycles. The van der Waals surface area contributed by atoms with Gasteiger partial charge in [0.15, 0.2) is 5.43 Å². The lowest BCUT2D eigenvalue weighted by molar-refractivity contribution is 0.363. The van der Waals surface area contributed by atoms with E-state index in [1.807, 2.05) is 31.2 Å². The maximum atomic E-state index is 12.3. The highest BCUT2D eigenvalue weighted by Crippen LogP contribution is 2.24. The topological polar surface area (TPSA) is 39.4 Å². The van der Waals surface area contributed by atoms with E-state index in [1.54, 1.807) is 24.3 Å². The van der Waals surface area contributed by atoms with Gasteiger partial charge in [0.2, 0.25) is 0 Å². The van der Waals surface area contributed by atoms with Crippen LogP contribution in [0.2, 0.25) is 0 Å². The Kier molecular flexibility index (Phi) is 3.79. The van der Waals surface area contributed by atoms with Crippen molar-refractivity contribution in [1.29, 1.82) is 0 Å². The van der Waals surface area contributed by atoms with E-state index in [2.05, 4.69) is 6.58 Å². The molecule has 1 heterocycles. The van der Waals surface area contributed by atoms with E-state index in [0.717, 1.165) is 11.1 Å². The van der Waals surface area contributed by atoms with Crippen LogP contribution in [0.15, 0.2) is 70.4 Å². The molecule has 0 atom stereocenters. The van der Waals surface area contributed by atoms with E-state index < -0.39 is 0 Å². The van der Waals surface area contributed by atoms with Crippen molar-refractivity contribution in [2.45, 2.75) is 6.92 Å². The first-order valence-electron chi connectivity index (χ1n) is 7.06. The van der Waals surface area contributed by atoms with Crippen molar-refractivity contribution in [2.75, 3.05) is 6.61 Å². The Morgan fingerprint density at radius 2 is 1.91 bits per heavy atom. The number of rotatable bonds is 4. The summed E-state index contributed by atoms with van der Waals surface area (Å²) in [6.45, 7) is 6.02. The smallest absolute Gasteiger partial charge is 0.193 e. The molecule has 3 nitrogen and oxygen atoms in total. The Balaban J connectivity index is 2.07. The van der Waals surface area contributed by atoms with E-state index >= 15 is 0 Å². The van der Waals surface area contributed by atoms with Gasteiger partial charge in [-0.1, -0.05) is 42.5 Å². The third-order valence-corrected chi connectivity index (χ3v) is 3.40. The third kappa shape index (κ3) is 2.79. The minimum Gasteiger partial charge on any atom is -0.490 e. The second-order valence-electron chi connectivity index (χ2n) is 5.10. The second kappa shape index (κ2) is 5.90. The number of hydrogen-bond donors (Lipinski definition) is 0. The molecule has 0 spiro atoms. The molecule has 0 aliphatic heterocycles. The van der Waals surface area contributed by atoms with Crippen LogP contribution in [0, 0.1) is 6.92 Å². The molecule has 0 unspecified atom stereocenters. The molecule has 3 heteroatoms. The molecule has 0 fully saturated rings. The highest BCUT2D eigenvalue weighted by atomic mass is 16.5. The van der Waals surface area contributed by atoms with Gasteiger partial charge >= 0.3 is 0 Å². The summed E-state index contributed by atoms with van der Waals surface area (Å²) in [5.74, 6) is 1.19. The third-order valence-electron chi connectivity index (χ3n) is 3.40. The number of benzene rings is 2. The molecule has 0 saturated carbocycles. The second-order valence-corrected chi connectivity index (χ2v) is 5.10. The van der Waals surface area contributed by atoms with Gasteiger partial charge in [-0.15, -0.1) is 0 Å². The molecule has 0 radical (unpaired) electrons. The van der Waals surface area contributed by atoms with Crippen LogP contribution in [0.1, 0.15) is 5.56 Å². The van der Waals surface area contributed by atoms with E-state index in [4.69, 9.17) is 9.15 Å². The fourth-order valence-corrected chi connectivity index (χ4v) is 2.24. The van der Waals surface area contributed by atoms with Gasteiger partial charge in [0.1, 0.15) is 23.7 Å². The molecule has 0 aliphatic rings. The number of aryl methyl sites for hydroxylation is 1. The molecule has 2 aromatic carbocycles. The summed E-state index contributed by atoms with van der Waals surface area (Å²) in [6, 6.07) is 14.6. The summed E-state index contributed by atoms with van der Waals surface area (Å²) < 4.78 is 11.3. The quantitative estimate of drug-likeness (QED) is 0.672. The summed E-state index contributed by atoms with van der Waals surface area (Å²) in [7, 11) is 0. The maximum Gasteiger partial charge on any atom is 0.193 e. The predicted octanol–water partition coefficient (Wildman–Crippen LogP) is 4.33. The first-order valence-corrected chi connectivity index (χ1v) is 7.06. The molecule has 0 N–H and O–H groups in total. The number of hydrogen-bond acceptors (Lipinski definition) is 3. The van der Waals surface area contributed by atoms with Crippen molar-refractivity contribution in [2.24, 2.45) is 0 Å². The molecule has 3 aromatic rings. The molecule has 3 rings (SSSR count). The lowest BCUT2D eigenvalue weighted by Crippen LogP contribution is -2.01. The predicted molar refractivity (Wildman–Crippen MR) is 88.3 cm³/mol. The molecule has 0 bridgehead atoms. The van der Waals surface area contributed by atoms with E-state index in [0.29, 0.717) is 29.1 Å². The molecule has 0 aliphatic carbocycles. The summed E-state index contributed by atoms with van der Waals surface area (Å²) in [5, 5.41) is 0.512. The van der Waals surface area contributed by atoms with Crippen LogP contribution in [-0.2, 0) is 0 Å². The Bertz CT molecular complexity index is 873. The van der Waals surface area contributed by atoms with E-state index in [-0.39, 0.29) is 5.43 Å². The molecular formula is C19H16O3. The average molecular weight is 292 g/mol. The van der Waals surface area contributed by atoms with Crippen molar-refractivity contribution >= 4 is 11.0 Å². The van der Waals surface area contributed by atoms with Gasteiger partial charge in [0, 0.05) is 11.6 Å². The molecule has 0 saturated heterocycles. The minimum atomic E-state index is -0.0825. The Morgan fingerprint density at radius 3 is 2.64 bits per heavy atom. The Hall–Kier alpha value is -2.81. The van der Waals surface area contributed by atoms with Crippen molar-refractivity contribution < 1.29 is 9.15 Å². The normalized spacial score (nSPS) is 10.6. The van der Waals surface area contributed by atoms with Crippen LogP contribution < -0.4 is 10.2 Å². The van der Waals surface area contributed by atoms with Crippen LogP contribution in [0.25, 0.3) is 22.3 Å². The van der Waals surface area contributed by atoms with Crippen LogP contribution in [0.4, 0.5) is 0 Å². The first kappa shape index (κ1) is 14.1. The molecule has 22 heavy (non-hydrogen) atoms. The van der Waals surface area contributed by atoms with Crippen LogP contribution >= 0.6 is 0 Å².